The van der Waals surface area contributed by atoms with Crippen molar-refractivity contribution in [3.63, 3.8) is 0 Å². The number of aromatic amines is 1. The fourth-order valence-corrected chi connectivity index (χ4v) is 1.46. The summed E-state index contributed by atoms with van der Waals surface area (Å²) in [5.74, 6) is 0.239. The summed E-state index contributed by atoms with van der Waals surface area (Å²) >= 11 is 0. The van der Waals surface area contributed by atoms with Gasteiger partial charge < -0.3 is 10.7 Å². The summed E-state index contributed by atoms with van der Waals surface area (Å²) in [6.45, 7) is 0. The minimum Gasteiger partial charge on any atom is -0.388 e. The molecule has 1 aromatic carbocycles. The van der Waals surface area contributed by atoms with E-state index in [1.165, 1.54) is 5.56 Å². The molecule has 0 fully saturated rings. The zero-order chi connectivity index (χ0) is 9.97. The van der Waals surface area contributed by atoms with Crippen LogP contribution < -0.4 is 5.73 Å². The molecule has 3 heteroatoms. The topological polar surface area (TPSA) is 65.7 Å². The van der Waals surface area contributed by atoms with Crippen molar-refractivity contribution in [3.8, 4) is 0 Å². The van der Waals surface area contributed by atoms with Gasteiger partial charge in [-0.2, -0.15) is 0 Å². The van der Waals surface area contributed by atoms with Crippen LogP contribution in [0.3, 0.4) is 0 Å². The number of H-pyrrole nitrogens is 1. The first-order valence-electron chi connectivity index (χ1n) is 4.56. The van der Waals surface area contributed by atoms with Crippen LogP contribution >= 0.6 is 0 Å². The molecule has 0 saturated heterocycles. The first-order valence-corrected chi connectivity index (χ1v) is 4.56. The Morgan fingerprint density at radius 2 is 2.36 bits per heavy atom. The zero-order valence-electron chi connectivity index (χ0n) is 7.80. The summed E-state index contributed by atoms with van der Waals surface area (Å²) in [4.78, 5) is 3.04. The van der Waals surface area contributed by atoms with E-state index in [2.05, 4.69) is 29.4 Å². The maximum Gasteiger partial charge on any atom is 0.0908 e. The van der Waals surface area contributed by atoms with Crippen molar-refractivity contribution < 1.29 is 0 Å². The van der Waals surface area contributed by atoms with Gasteiger partial charge in [0.15, 0.2) is 0 Å². The maximum absolute atomic E-state index is 7.14. The summed E-state index contributed by atoms with van der Waals surface area (Å²) in [5.41, 5.74) is 7.59. The molecule has 14 heavy (non-hydrogen) atoms. The standard InChI is InChI=1S/C11H12N3/c12-11(13)4-2-8-1-3-9-5-6-14-10(9)7-8/h1,3,5,7,14H,2,4H2,(H3,12,13). The van der Waals surface area contributed by atoms with Gasteiger partial charge in [-0.3, -0.25) is 5.41 Å². The zero-order valence-corrected chi connectivity index (χ0v) is 7.80. The van der Waals surface area contributed by atoms with E-state index < -0.39 is 0 Å². The molecule has 2 rings (SSSR count). The normalized spacial score (nSPS) is 10.6. The van der Waals surface area contributed by atoms with Crippen LogP contribution in [-0.2, 0) is 6.42 Å². The number of nitrogens with two attached hydrogens (primary N) is 1. The summed E-state index contributed by atoms with van der Waals surface area (Å²) in [7, 11) is 0. The number of hydrogen-bond donors (Lipinski definition) is 3. The lowest BCUT2D eigenvalue weighted by Gasteiger charge is -2.00. The molecule has 0 aliphatic rings. The average molecular weight is 186 g/mol. The first kappa shape index (κ1) is 8.81. The van der Waals surface area contributed by atoms with Crippen molar-refractivity contribution in [2.45, 2.75) is 12.8 Å². The third-order valence-electron chi connectivity index (χ3n) is 2.24. The van der Waals surface area contributed by atoms with Crippen molar-refractivity contribution in [1.29, 1.82) is 5.41 Å². The molecule has 0 saturated carbocycles. The molecule has 0 bridgehead atoms. The van der Waals surface area contributed by atoms with Gasteiger partial charge >= 0.3 is 0 Å². The van der Waals surface area contributed by atoms with Crippen LogP contribution in [-0.4, -0.2) is 10.8 Å². The molecule has 2 aromatic rings. The van der Waals surface area contributed by atoms with E-state index in [4.69, 9.17) is 11.1 Å². The highest BCUT2D eigenvalue weighted by Crippen LogP contribution is 2.14. The van der Waals surface area contributed by atoms with Crippen LogP contribution in [0, 0.1) is 11.6 Å². The molecule has 0 atom stereocenters. The molecule has 1 aromatic heterocycles. The Morgan fingerprint density at radius 3 is 3.14 bits per heavy atom. The smallest absolute Gasteiger partial charge is 0.0908 e. The Labute approximate surface area is 82.4 Å². The highest BCUT2D eigenvalue weighted by atomic mass is 14.7. The summed E-state index contributed by atoms with van der Waals surface area (Å²) in [6.07, 6.45) is 4.38. The Balaban J connectivity index is 2.21. The lowest BCUT2D eigenvalue weighted by atomic mass is 10.1. The molecule has 71 valence electrons. The Hall–Kier alpha value is -1.77. The lowest BCUT2D eigenvalue weighted by Crippen LogP contribution is -2.10. The molecule has 0 amide bonds. The number of aromatic nitrogens is 1. The van der Waals surface area contributed by atoms with Gasteiger partial charge in [-0.15, -0.1) is 0 Å². The van der Waals surface area contributed by atoms with Crippen LogP contribution in [0.15, 0.2) is 24.3 Å². The van der Waals surface area contributed by atoms with E-state index in [0.717, 1.165) is 17.3 Å². The van der Waals surface area contributed by atoms with Crippen LogP contribution in [0.2, 0.25) is 0 Å². The van der Waals surface area contributed by atoms with Crippen molar-refractivity contribution in [3.05, 3.63) is 36.0 Å². The SMILES string of the molecule is N=C(N)CCc1ccc2c[c][nH]c2c1. The second-order valence-electron chi connectivity index (χ2n) is 3.36. The molecule has 1 radical (unpaired) electrons. The molecular weight excluding hydrogens is 174 g/mol. The monoisotopic (exact) mass is 186 g/mol. The van der Waals surface area contributed by atoms with Gasteiger partial charge in [-0.25, -0.2) is 0 Å². The van der Waals surface area contributed by atoms with Crippen molar-refractivity contribution in [2.24, 2.45) is 5.73 Å². The predicted molar refractivity (Wildman–Crippen MR) is 57.4 cm³/mol. The van der Waals surface area contributed by atoms with Crippen LogP contribution in [0.4, 0.5) is 0 Å². The lowest BCUT2D eigenvalue weighted by molar-refractivity contribution is 1.02. The highest BCUT2D eigenvalue weighted by molar-refractivity contribution is 5.80. The molecule has 0 aliphatic heterocycles. The van der Waals surface area contributed by atoms with Crippen LogP contribution in [0.1, 0.15) is 12.0 Å². The number of fused-ring (bicyclic) bond motifs is 1. The molecular formula is C11H12N3. The summed E-state index contributed by atoms with van der Waals surface area (Å²) in [6, 6.07) is 8.11. The fraction of sp³-hybridized carbons (Fsp3) is 0.182. The molecule has 0 aliphatic carbocycles. The number of aryl methyl sites for hydroxylation is 1. The minimum absolute atomic E-state index is 0.239. The summed E-state index contributed by atoms with van der Waals surface area (Å²) < 4.78 is 0. The molecule has 0 unspecified atom stereocenters. The van der Waals surface area contributed by atoms with E-state index in [0.29, 0.717) is 6.42 Å². The van der Waals surface area contributed by atoms with E-state index >= 15 is 0 Å². The fourth-order valence-electron chi connectivity index (χ4n) is 1.46. The van der Waals surface area contributed by atoms with E-state index in [1.807, 2.05) is 6.07 Å². The van der Waals surface area contributed by atoms with Crippen molar-refractivity contribution in [1.82, 2.24) is 4.98 Å². The molecule has 0 spiro atoms. The van der Waals surface area contributed by atoms with E-state index in [-0.39, 0.29) is 5.84 Å². The Morgan fingerprint density at radius 1 is 1.50 bits per heavy atom. The van der Waals surface area contributed by atoms with Crippen LogP contribution in [0.5, 0.6) is 0 Å². The second-order valence-corrected chi connectivity index (χ2v) is 3.36. The Bertz CT molecular complexity index is 456. The molecule has 1 heterocycles. The number of benzene rings is 1. The molecule has 3 nitrogen and oxygen atoms in total. The van der Waals surface area contributed by atoms with Crippen molar-refractivity contribution in [2.75, 3.05) is 0 Å². The quantitative estimate of drug-likeness (QED) is 0.497. The largest absolute Gasteiger partial charge is 0.388 e. The highest BCUT2D eigenvalue weighted by Gasteiger charge is 1.98. The first-order chi connectivity index (χ1) is 6.75. The van der Waals surface area contributed by atoms with Gasteiger partial charge in [0, 0.05) is 17.3 Å². The van der Waals surface area contributed by atoms with Gasteiger partial charge in [0.05, 0.1) is 12.0 Å². The third-order valence-corrected chi connectivity index (χ3v) is 2.24. The number of rotatable bonds is 3. The van der Waals surface area contributed by atoms with Crippen LogP contribution in [0.25, 0.3) is 10.9 Å². The van der Waals surface area contributed by atoms with Gasteiger partial charge in [0.25, 0.3) is 0 Å². The number of nitrogens with one attached hydrogen (secondary N) is 2. The number of amidine groups is 1. The predicted octanol–water partition coefficient (Wildman–Crippen LogP) is 1.84. The average Bonchev–Trinajstić information content (AvgIpc) is 2.61. The van der Waals surface area contributed by atoms with Crippen molar-refractivity contribution >= 4 is 16.7 Å². The summed E-state index contributed by atoms with van der Waals surface area (Å²) in [5, 5.41) is 8.30. The second kappa shape index (κ2) is 3.54. The van der Waals surface area contributed by atoms with E-state index in [1.54, 1.807) is 0 Å². The number of hydrogen-bond acceptors (Lipinski definition) is 1. The van der Waals surface area contributed by atoms with Gasteiger partial charge in [0.2, 0.25) is 0 Å². The van der Waals surface area contributed by atoms with Gasteiger partial charge in [-0.05, 0) is 24.1 Å². The minimum atomic E-state index is 0.239. The third kappa shape index (κ3) is 1.76. The maximum atomic E-state index is 7.14. The van der Waals surface area contributed by atoms with Gasteiger partial charge in [-0.1, -0.05) is 12.1 Å². The van der Waals surface area contributed by atoms with Gasteiger partial charge in [0.1, 0.15) is 0 Å². The van der Waals surface area contributed by atoms with E-state index in [9.17, 15) is 0 Å². The molecule has 4 N–H and O–H groups in total. The Kier molecular flexibility index (Phi) is 2.23.